The van der Waals surface area contributed by atoms with E-state index in [0.29, 0.717) is 22.8 Å². The number of anilines is 1. The van der Waals surface area contributed by atoms with E-state index in [2.05, 4.69) is 26.2 Å². The standard InChI is InChI=1S/C19H22N8O5S2/c1-26-18(23-24-25-26)34-8-19(17(31)32)6-27-15(30)13(16(27)33-7-19)22-14(29)12(20)10-3-2-4-11(5-10)21-9-28/h2-5,9,12-13,16H,6-8,20H2,1H3,(H,21,28)(H,22,29)(H,31,32)/t12?,13?,16-,19?/m1/s1. The molecule has 2 aromatic rings. The number of hydrogen-bond acceptors (Lipinski definition) is 10. The molecule has 0 aliphatic carbocycles. The average Bonchev–Trinajstić information content (AvgIpc) is 3.25. The summed E-state index contributed by atoms with van der Waals surface area (Å²) in [5.41, 5.74) is 5.86. The predicted octanol–water partition coefficient (Wildman–Crippen LogP) is -0.959. The summed E-state index contributed by atoms with van der Waals surface area (Å²) in [6.07, 6.45) is 0.520. The summed E-state index contributed by atoms with van der Waals surface area (Å²) in [6, 6.07) is 4.70. The van der Waals surface area contributed by atoms with Crippen molar-refractivity contribution in [3.63, 3.8) is 0 Å². The van der Waals surface area contributed by atoms with Crippen molar-refractivity contribution < 1.29 is 24.3 Å². The second kappa shape index (κ2) is 9.60. The van der Waals surface area contributed by atoms with Crippen LogP contribution in [0.15, 0.2) is 29.4 Å². The number of aliphatic carboxylic acids is 1. The molecular formula is C19H22N8O5S2. The smallest absolute Gasteiger partial charge is 0.313 e. The Morgan fingerprint density at radius 2 is 2.26 bits per heavy atom. The molecule has 0 radical (unpaired) electrons. The molecule has 1 aromatic heterocycles. The van der Waals surface area contributed by atoms with Gasteiger partial charge in [-0.2, -0.15) is 0 Å². The minimum Gasteiger partial charge on any atom is -0.481 e. The van der Waals surface area contributed by atoms with E-state index in [1.54, 1.807) is 31.3 Å². The number of thioether (sulfide) groups is 2. The first-order chi connectivity index (χ1) is 16.3. The van der Waals surface area contributed by atoms with Crippen molar-refractivity contribution in [3.05, 3.63) is 29.8 Å². The minimum atomic E-state index is -1.18. The molecule has 2 aliphatic rings. The summed E-state index contributed by atoms with van der Waals surface area (Å²) in [5.74, 6) is -1.46. The van der Waals surface area contributed by atoms with Crippen LogP contribution in [0.4, 0.5) is 5.69 Å². The number of tetrazole rings is 1. The van der Waals surface area contributed by atoms with E-state index in [1.807, 2.05) is 0 Å². The second-order valence-electron chi connectivity index (χ2n) is 7.98. The summed E-state index contributed by atoms with van der Waals surface area (Å²) < 4.78 is 1.45. The van der Waals surface area contributed by atoms with E-state index >= 15 is 0 Å². The number of aromatic nitrogens is 4. The fraction of sp³-hybridized carbons (Fsp3) is 0.421. The summed E-state index contributed by atoms with van der Waals surface area (Å²) in [6.45, 7) is 0.0228. The number of carboxylic acid groups (broad SMARTS) is 1. The first kappa shape index (κ1) is 24.0. The van der Waals surface area contributed by atoms with Gasteiger partial charge in [-0.3, -0.25) is 19.2 Å². The summed E-state index contributed by atoms with van der Waals surface area (Å²) in [7, 11) is 1.66. The van der Waals surface area contributed by atoms with Gasteiger partial charge >= 0.3 is 5.97 Å². The van der Waals surface area contributed by atoms with Gasteiger partial charge in [0.2, 0.25) is 23.4 Å². The summed E-state index contributed by atoms with van der Waals surface area (Å²) in [4.78, 5) is 49.8. The highest BCUT2D eigenvalue weighted by Crippen LogP contribution is 2.44. The van der Waals surface area contributed by atoms with Gasteiger partial charge < -0.3 is 26.4 Å². The van der Waals surface area contributed by atoms with Gasteiger partial charge in [-0.25, -0.2) is 4.68 Å². The Kier molecular flexibility index (Phi) is 6.77. The van der Waals surface area contributed by atoms with Crippen LogP contribution in [0.5, 0.6) is 0 Å². The molecule has 3 amide bonds. The maximum atomic E-state index is 12.8. The van der Waals surface area contributed by atoms with Gasteiger partial charge in [-0.05, 0) is 28.1 Å². The number of nitrogens with two attached hydrogens (primary N) is 1. The number of carbonyl (C=O) groups excluding carboxylic acids is 3. The molecule has 34 heavy (non-hydrogen) atoms. The molecule has 0 saturated carbocycles. The Balaban J connectivity index is 1.39. The number of nitrogens with zero attached hydrogens (tertiary/aromatic N) is 5. The number of fused-ring (bicyclic) bond motifs is 1. The highest BCUT2D eigenvalue weighted by atomic mass is 32.2. The maximum Gasteiger partial charge on any atom is 0.313 e. The van der Waals surface area contributed by atoms with Gasteiger partial charge in [0, 0.05) is 30.8 Å². The molecule has 180 valence electrons. The van der Waals surface area contributed by atoms with Crippen molar-refractivity contribution in [2.24, 2.45) is 18.2 Å². The summed E-state index contributed by atoms with van der Waals surface area (Å²) >= 11 is 2.52. The molecule has 13 nitrogen and oxygen atoms in total. The first-order valence-electron chi connectivity index (χ1n) is 10.1. The third-order valence-corrected chi connectivity index (χ3v) is 8.60. The third-order valence-electron chi connectivity index (χ3n) is 5.71. The lowest BCUT2D eigenvalue weighted by Crippen LogP contribution is -2.74. The largest absolute Gasteiger partial charge is 0.481 e. The van der Waals surface area contributed by atoms with Crippen LogP contribution >= 0.6 is 23.5 Å². The molecule has 2 saturated heterocycles. The van der Waals surface area contributed by atoms with Gasteiger partial charge in [-0.15, -0.1) is 16.9 Å². The number of hydrogen-bond donors (Lipinski definition) is 4. The van der Waals surface area contributed by atoms with Crippen molar-refractivity contribution in [3.8, 4) is 0 Å². The fourth-order valence-corrected chi connectivity index (χ4v) is 6.45. The molecule has 3 heterocycles. The van der Waals surface area contributed by atoms with E-state index in [-0.39, 0.29) is 29.3 Å². The molecule has 2 fully saturated rings. The van der Waals surface area contributed by atoms with Crippen molar-refractivity contribution in [2.75, 3.05) is 23.4 Å². The zero-order valence-corrected chi connectivity index (χ0v) is 19.6. The Labute approximate surface area is 202 Å². The molecule has 3 unspecified atom stereocenters. The number of rotatable bonds is 9. The van der Waals surface area contributed by atoms with Crippen LogP contribution in [-0.2, 0) is 26.2 Å². The monoisotopic (exact) mass is 506 g/mol. The second-order valence-corrected chi connectivity index (χ2v) is 10.0. The SMILES string of the molecule is Cn1nnnc1SCC1(C(=O)O)CS[C@@H]2C(NC(=O)C(N)c3cccc(NC=O)c3)C(=O)N2C1. The quantitative estimate of drug-likeness (QED) is 0.186. The average molecular weight is 507 g/mol. The van der Waals surface area contributed by atoms with E-state index in [1.165, 1.54) is 33.1 Å². The zero-order chi connectivity index (χ0) is 24.5. The Morgan fingerprint density at radius 1 is 1.47 bits per heavy atom. The van der Waals surface area contributed by atoms with E-state index in [4.69, 9.17) is 5.73 Å². The van der Waals surface area contributed by atoms with Crippen LogP contribution in [0.25, 0.3) is 0 Å². The fourth-order valence-electron chi connectivity index (χ4n) is 3.74. The van der Waals surface area contributed by atoms with Gasteiger partial charge in [0.25, 0.3) is 0 Å². The molecule has 0 spiro atoms. The highest BCUT2D eigenvalue weighted by molar-refractivity contribution is 8.00. The van der Waals surface area contributed by atoms with E-state index in [0.717, 1.165) is 0 Å². The number of carbonyl (C=O) groups is 4. The first-order valence-corrected chi connectivity index (χ1v) is 12.2. The molecule has 4 atom stereocenters. The lowest BCUT2D eigenvalue weighted by atomic mass is 9.89. The van der Waals surface area contributed by atoms with Crippen molar-refractivity contribution >= 4 is 53.4 Å². The Hall–Kier alpha value is -3.17. The van der Waals surface area contributed by atoms with Gasteiger partial charge in [0.05, 0.1) is 0 Å². The van der Waals surface area contributed by atoms with Crippen LogP contribution in [-0.4, -0.2) is 83.9 Å². The van der Waals surface area contributed by atoms with Crippen LogP contribution in [0.2, 0.25) is 0 Å². The van der Waals surface area contributed by atoms with Gasteiger partial charge in [0.1, 0.15) is 22.9 Å². The molecule has 4 rings (SSSR count). The number of carboxylic acids is 1. The number of benzene rings is 1. The predicted molar refractivity (Wildman–Crippen MR) is 123 cm³/mol. The van der Waals surface area contributed by atoms with Crippen molar-refractivity contribution in [1.82, 2.24) is 30.4 Å². The lowest BCUT2D eigenvalue weighted by Gasteiger charge is -2.53. The topological polar surface area (TPSA) is 185 Å². The van der Waals surface area contributed by atoms with Crippen LogP contribution in [0, 0.1) is 5.41 Å². The van der Waals surface area contributed by atoms with E-state index in [9.17, 15) is 24.3 Å². The zero-order valence-electron chi connectivity index (χ0n) is 18.0. The number of aryl methyl sites for hydroxylation is 1. The van der Waals surface area contributed by atoms with E-state index < -0.39 is 29.4 Å². The van der Waals surface area contributed by atoms with Crippen molar-refractivity contribution in [1.29, 1.82) is 0 Å². The normalized spacial score (nSPS) is 24.5. The summed E-state index contributed by atoms with van der Waals surface area (Å²) in [5, 5.41) is 26.4. The molecule has 1 aromatic carbocycles. The van der Waals surface area contributed by atoms with Crippen LogP contribution in [0.3, 0.4) is 0 Å². The molecule has 5 N–H and O–H groups in total. The minimum absolute atomic E-state index is 0.0228. The van der Waals surface area contributed by atoms with Crippen molar-refractivity contribution in [2.45, 2.75) is 22.6 Å². The van der Waals surface area contributed by atoms with Crippen LogP contribution < -0.4 is 16.4 Å². The molecule has 15 heteroatoms. The molecule has 0 bridgehead atoms. The molecular weight excluding hydrogens is 484 g/mol. The van der Waals surface area contributed by atoms with Gasteiger partial charge in [0.15, 0.2) is 0 Å². The Morgan fingerprint density at radius 3 is 2.94 bits per heavy atom. The number of amides is 3. The third kappa shape index (κ3) is 4.45. The molecule has 2 aliphatic heterocycles. The van der Waals surface area contributed by atoms with Crippen LogP contribution in [0.1, 0.15) is 11.6 Å². The highest BCUT2D eigenvalue weighted by Gasteiger charge is 2.57. The Bertz CT molecular complexity index is 1130. The number of nitrogens with one attached hydrogen (secondary N) is 2. The van der Waals surface area contributed by atoms with Gasteiger partial charge in [-0.1, -0.05) is 23.9 Å². The lowest BCUT2D eigenvalue weighted by molar-refractivity contribution is -0.157. The maximum absolute atomic E-state index is 12.8. The number of β-lactam (4-membered cyclic amide) rings is 1.